The molecular weight excluding hydrogens is 386 g/mol. The van der Waals surface area contributed by atoms with Crippen molar-refractivity contribution in [3.63, 3.8) is 0 Å². The summed E-state index contributed by atoms with van der Waals surface area (Å²) in [4.78, 5) is 14.8. The minimum absolute atomic E-state index is 0.172. The van der Waals surface area contributed by atoms with E-state index in [1.807, 2.05) is 24.3 Å². The molecule has 0 atom stereocenters. The number of hydrogen-bond donors (Lipinski definition) is 2. The number of sulfonamides is 1. The second-order valence-corrected chi connectivity index (χ2v) is 8.77. The summed E-state index contributed by atoms with van der Waals surface area (Å²) in [5, 5.41) is 2.99. The number of halogens is 1. The van der Waals surface area contributed by atoms with E-state index in [1.54, 1.807) is 0 Å². The van der Waals surface area contributed by atoms with Gasteiger partial charge in [0.15, 0.2) is 0 Å². The van der Waals surface area contributed by atoms with E-state index in [0.717, 1.165) is 25.0 Å². The van der Waals surface area contributed by atoms with Crippen molar-refractivity contribution in [2.24, 2.45) is 0 Å². The van der Waals surface area contributed by atoms with E-state index >= 15 is 0 Å². The molecule has 0 aliphatic carbocycles. The highest BCUT2D eigenvalue weighted by atomic mass is 35.5. The molecule has 6 nitrogen and oxygen atoms in total. The van der Waals surface area contributed by atoms with Gasteiger partial charge in [0.2, 0.25) is 10.0 Å². The number of amides is 1. The Morgan fingerprint density at radius 3 is 2.22 bits per heavy atom. The third-order valence-electron chi connectivity index (χ3n) is 4.36. The van der Waals surface area contributed by atoms with Crippen LogP contribution in [0, 0.1) is 0 Å². The summed E-state index contributed by atoms with van der Waals surface area (Å²) in [5.74, 6) is -0.350. The lowest BCUT2D eigenvalue weighted by Crippen LogP contribution is -2.29. The molecule has 1 aliphatic heterocycles. The summed E-state index contributed by atoms with van der Waals surface area (Å²) in [7, 11) is -3.40. The topological polar surface area (TPSA) is 78.5 Å². The molecule has 0 spiro atoms. The highest BCUT2D eigenvalue weighted by molar-refractivity contribution is 7.92. The second-order valence-electron chi connectivity index (χ2n) is 6.62. The van der Waals surface area contributed by atoms with E-state index in [-0.39, 0.29) is 16.5 Å². The number of nitrogens with zero attached hydrogens (tertiary/aromatic N) is 1. The zero-order valence-corrected chi connectivity index (χ0v) is 16.6. The zero-order valence-electron chi connectivity index (χ0n) is 15.0. The van der Waals surface area contributed by atoms with Crippen molar-refractivity contribution in [1.29, 1.82) is 0 Å². The van der Waals surface area contributed by atoms with Gasteiger partial charge in [-0.3, -0.25) is 9.52 Å². The van der Waals surface area contributed by atoms with Crippen molar-refractivity contribution in [3.8, 4) is 0 Å². The summed E-state index contributed by atoms with van der Waals surface area (Å²) in [6, 6.07) is 12.2. The predicted molar refractivity (Wildman–Crippen MR) is 110 cm³/mol. The molecule has 3 rings (SSSR count). The predicted octanol–water partition coefficient (Wildman–Crippen LogP) is 3.95. The maximum atomic E-state index is 12.5. The molecule has 0 aromatic heterocycles. The van der Waals surface area contributed by atoms with Crippen LogP contribution in [0.3, 0.4) is 0 Å². The Bertz CT molecular complexity index is 924. The normalized spacial score (nSPS) is 14.7. The molecule has 2 N–H and O–H groups in total. The zero-order chi connectivity index (χ0) is 19.4. The van der Waals surface area contributed by atoms with Gasteiger partial charge >= 0.3 is 0 Å². The van der Waals surface area contributed by atoms with Crippen LogP contribution in [0.5, 0.6) is 0 Å². The lowest BCUT2D eigenvalue weighted by Gasteiger charge is -2.28. The minimum Gasteiger partial charge on any atom is -0.372 e. The monoisotopic (exact) mass is 407 g/mol. The lowest BCUT2D eigenvalue weighted by atomic mass is 10.1. The van der Waals surface area contributed by atoms with Crippen LogP contribution < -0.4 is 14.9 Å². The minimum atomic E-state index is -3.40. The highest BCUT2D eigenvalue weighted by Gasteiger charge is 2.14. The molecule has 8 heteroatoms. The Morgan fingerprint density at radius 2 is 1.63 bits per heavy atom. The first-order valence-corrected chi connectivity index (χ1v) is 11.0. The molecule has 2 aromatic rings. The average Bonchev–Trinajstić information content (AvgIpc) is 2.61. The lowest BCUT2D eigenvalue weighted by molar-refractivity contribution is 0.102. The molecule has 1 amide bonds. The smallest absolute Gasteiger partial charge is 0.257 e. The fraction of sp³-hybridized carbons (Fsp3) is 0.316. The van der Waals surface area contributed by atoms with Gasteiger partial charge in [-0.25, -0.2) is 8.42 Å². The van der Waals surface area contributed by atoms with E-state index in [4.69, 9.17) is 11.6 Å². The van der Waals surface area contributed by atoms with Gasteiger partial charge in [-0.1, -0.05) is 11.6 Å². The highest BCUT2D eigenvalue weighted by Crippen LogP contribution is 2.25. The van der Waals surface area contributed by atoms with E-state index < -0.39 is 10.0 Å². The molecule has 1 aliphatic rings. The first-order chi connectivity index (χ1) is 12.8. The number of rotatable bonds is 5. The van der Waals surface area contributed by atoms with Gasteiger partial charge in [-0.15, -0.1) is 0 Å². The molecule has 27 heavy (non-hydrogen) atoms. The summed E-state index contributed by atoms with van der Waals surface area (Å²) >= 11 is 6.14. The maximum absolute atomic E-state index is 12.5. The maximum Gasteiger partial charge on any atom is 0.257 e. The second kappa shape index (κ2) is 8.19. The van der Waals surface area contributed by atoms with Crippen LogP contribution in [0.15, 0.2) is 42.5 Å². The van der Waals surface area contributed by atoms with Gasteiger partial charge in [0, 0.05) is 30.2 Å². The van der Waals surface area contributed by atoms with Crippen LogP contribution in [-0.4, -0.2) is 33.7 Å². The summed E-state index contributed by atoms with van der Waals surface area (Å²) < 4.78 is 24.9. The third kappa shape index (κ3) is 5.37. The van der Waals surface area contributed by atoms with Gasteiger partial charge in [-0.05, 0) is 61.7 Å². The molecule has 2 aromatic carbocycles. The van der Waals surface area contributed by atoms with E-state index in [1.165, 1.54) is 37.5 Å². The number of anilines is 3. The molecule has 1 saturated heterocycles. The Hall–Kier alpha value is -2.25. The Balaban J connectivity index is 1.68. The van der Waals surface area contributed by atoms with Crippen molar-refractivity contribution in [3.05, 3.63) is 53.1 Å². The molecule has 0 unspecified atom stereocenters. The van der Waals surface area contributed by atoms with Gasteiger partial charge < -0.3 is 10.2 Å². The number of hydrogen-bond acceptors (Lipinski definition) is 4. The van der Waals surface area contributed by atoms with Gasteiger partial charge in [-0.2, -0.15) is 0 Å². The SMILES string of the molecule is CS(=O)(=O)Nc1ccc(C(=O)Nc2ccc(N3CCCCC3)cc2)c(Cl)c1. The van der Waals surface area contributed by atoms with Gasteiger partial charge in [0.25, 0.3) is 5.91 Å². The van der Waals surface area contributed by atoms with Crippen LogP contribution in [-0.2, 0) is 10.0 Å². The summed E-state index contributed by atoms with van der Waals surface area (Å²) in [6.07, 6.45) is 4.75. The first kappa shape index (κ1) is 19.5. The molecule has 0 radical (unpaired) electrons. The largest absolute Gasteiger partial charge is 0.372 e. The molecule has 1 heterocycles. The number of benzene rings is 2. The van der Waals surface area contributed by atoms with Crippen molar-refractivity contribution in [1.82, 2.24) is 0 Å². The number of piperidine rings is 1. The standard InChI is InChI=1S/C19H22ClN3O3S/c1-27(25,26)22-15-7-10-17(18(20)13-15)19(24)21-14-5-8-16(9-6-14)23-11-3-2-4-12-23/h5-10,13,22H,2-4,11-12H2,1H3,(H,21,24). The third-order valence-corrected chi connectivity index (χ3v) is 5.28. The van der Waals surface area contributed by atoms with Crippen LogP contribution in [0.2, 0.25) is 5.02 Å². The molecule has 1 fully saturated rings. The molecule has 0 saturated carbocycles. The summed E-state index contributed by atoms with van der Waals surface area (Å²) in [6.45, 7) is 2.13. The van der Waals surface area contributed by atoms with Gasteiger partial charge in [0.1, 0.15) is 0 Å². The summed E-state index contributed by atoms with van der Waals surface area (Å²) in [5.41, 5.74) is 2.41. The number of carbonyl (C=O) groups excluding carboxylic acids is 1. The van der Waals surface area contributed by atoms with E-state index in [0.29, 0.717) is 11.4 Å². The van der Waals surface area contributed by atoms with Crippen LogP contribution in [0.4, 0.5) is 17.1 Å². The van der Waals surface area contributed by atoms with Crippen LogP contribution in [0.25, 0.3) is 0 Å². The average molecular weight is 408 g/mol. The molecule has 144 valence electrons. The van der Waals surface area contributed by atoms with Crippen molar-refractivity contribution in [2.75, 3.05) is 34.3 Å². The van der Waals surface area contributed by atoms with Crippen molar-refractivity contribution >= 4 is 44.6 Å². The van der Waals surface area contributed by atoms with Crippen molar-refractivity contribution in [2.45, 2.75) is 19.3 Å². The van der Waals surface area contributed by atoms with E-state index in [2.05, 4.69) is 14.9 Å². The molecule has 0 bridgehead atoms. The van der Waals surface area contributed by atoms with Crippen LogP contribution >= 0.6 is 11.6 Å². The number of carbonyl (C=O) groups is 1. The van der Waals surface area contributed by atoms with E-state index in [9.17, 15) is 13.2 Å². The quantitative estimate of drug-likeness (QED) is 0.786. The Kier molecular flexibility index (Phi) is 5.92. The number of nitrogens with one attached hydrogen (secondary N) is 2. The van der Waals surface area contributed by atoms with Crippen LogP contribution in [0.1, 0.15) is 29.6 Å². The molecular formula is C19H22ClN3O3S. The van der Waals surface area contributed by atoms with Crippen molar-refractivity contribution < 1.29 is 13.2 Å². The fourth-order valence-electron chi connectivity index (χ4n) is 3.08. The fourth-order valence-corrected chi connectivity index (χ4v) is 3.90. The Labute approximate surface area is 164 Å². The van der Waals surface area contributed by atoms with Gasteiger partial charge in [0.05, 0.1) is 16.8 Å². The Morgan fingerprint density at radius 1 is 1.00 bits per heavy atom. The first-order valence-electron chi connectivity index (χ1n) is 8.75.